The Bertz CT molecular complexity index is 1110. The van der Waals surface area contributed by atoms with E-state index >= 15 is 0 Å². The van der Waals surface area contributed by atoms with Gasteiger partial charge in [0.1, 0.15) is 29.8 Å². The molecule has 32 heavy (non-hydrogen) atoms. The van der Waals surface area contributed by atoms with Crippen LogP contribution in [0.4, 0.5) is 19.3 Å². The number of carbonyl (C=O) groups excluding carboxylic acids is 1. The zero-order chi connectivity index (χ0) is 23.1. The molecule has 0 atom stereocenters. The summed E-state index contributed by atoms with van der Waals surface area (Å²) in [7, 11) is 2.74. The largest absolute Gasteiger partial charge is 0.444 e. The molecule has 0 bridgehead atoms. The summed E-state index contributed by atoms with van der Waals surface area (Å²) in [4.78, 5) is 29.4. The second-order valence-electron chi connectivity index (χ2n) is 6.66. The summed E-state index contributed by atoms with van der Waals surface area (Å²) in [5.74, 6) is -1.69. The molecule has 1 heterocycles. The summed E-state index contributed by atoms with van der Waals surface area (Å²) in [6.45, 7) is -0.148. The molecule has 3 rings (SSSR count). The molecule has 0 aliphatic heterocycles. The molecule has 0 aliphatic carbocycles. The molecule has 1 aromatic heterocycles. The minimum absolute atomic E-state index is 0.00433. The van der Waals surface area contributed by atoms with E-state index in [9.17, 15) is 18.4 Å². The zero-order valence-electron chi connectivity index (χ0n) is 17.4. The van der Waals surface area contributed by atoms with Crippen molar-refractivity contribution in [3.8, 4) is 11.4 Å². The van der Waals surface area contributed by atoms with Gasteiger partial charge < -0.3 is 14.2 Å². The third-order valence-corrected chi connectivity index (χ3v) is 4.47. The Kier molecular flexibility index (Phi) is 7.63. The van der Waals surface area contributed by atoms with Crippen LogP contribution in [0, 0.1) is 11.6 Å². The third-order valence-electron chi connectivity index (χ3n) is 4.47. The Labute approximate surface area is 182 Å². The Morgan fingerprint density at radius 3 is 2.38 bits per heavy atom. The first kappa shape index (κ1) is 23.0. The summed E-state index contributed by atoms with van der Waals surface area (Å²) < 4.78 is 44.0. The van der Waals surface area contributed by atoms with Gasteiger partial charge in [-0.25, -0.2) is 18.6 Å². The molecule has 8 nitrogen and oxygen atoms in total. The number of rotatable bonds is 8. The van der Waals surface area contributed by atoms with Crippen molar-refractivity contribution in [3.63, 3.8) is 0 Å². The molecule has 1 N–H and O–H groups in total. The molecule has 0 saturated heterocycles. The van der Waals surface area contributed by atoms with Crippen molar-refractivity contribution in [2.45, 2.75) is 19.4 Å². The molecule has 3 aromatic rings. The van der Waals surface area contributed by atoms with Crippen LogP contribution >= 0.6 is 0 Å². The van der Waals surface area contributed by atoms with Gasteiger partial charge in [-0.05, 0) is 17.7 Å². The normalized spacial score (nSPS) is 10.9. The van der Waals surface area contributed by atoms with Crippen LogP contribution in [0.1, 0.15) is 5.56 Å². The second-order valence-corrected chi connectivity index (χ2v) is 6.66. The smallest absolute Gasteiger partial charge is 0.412 e. The van der Waals surface area contributed by atoms with Crippen LogP contribution in [0.15, 0.2) is 59.5 Å². The SMILES string of the molecule is COC(Cn1c(-c2cc(F)cc(F)c2)ncc(NC(=O)OCc2ccccc2)c1=O)OC. The fourth-order valence-electron chi connectivity index (χ4n) is 2.92. The van der Waals surface area contributed by atoms with Gasteiger partial charge >= 0.3 is 6.09 Å². The lowest BCUT2D eigenvalue weighted by atomic mass is 10.2. The van der Waals surface area contributed by atoms with E-state index < -0.39 is 29.6 Å². The first-order chi connectivity index (χ1) is 15.4. The number of hydrogen-bond donors (Lipinski definition) is 1. The number of anilines is 1. The van der Waals surface area contributed by atoms with Crippen molar-refractivity contribution >= 4 is 11.8 Å². The Morgan fingerprint density at radius 1 is 1.09 bits per heavy atom. The summed E-state index contributed by atoms with van der Waals surface area (Å²) >= 11 is 0. The van der Waals surface area contributed by atoms with Gasteiger partial charge in [0.2, 0.25) is 0 Å². The maximum Gasteiger partial charge on any atom is 0.412 e. The van der Waals surface area contributed by atoms with E-state index in [0.717, 1.165) is 28.5 Å². The standard InChI is InChI=1S/C22H21F2N3O5/c1-30-19(31-2)12-27-20(15-8-16(23)10-17(24)9-15)25-11-18(21(27)28)26-22(29)32-13-14-6-4-3-5-7-14/h3-11,19H,12-13H2,1-2H3,(H,26,29). The van der Waals surface area contributed by atoms with Crippen molar-refractivity contribution < 1.29 is 27.8 Å². The van der Waals surface area contributed by atoms with Crippen molar-refractivity contribution in [2.75, 3.05) is 19.5 Å². The lowest BCUT2D eigenvalue weighted by molar-refractivity contribution is -0.111. The van der Waals surface area contributed by atoms with Crippen molar-refractivity contribution in [2.24, 2.45) is 0 Å². The number of hydrogen-bond acceptors (Lipinski definition) is 6. The molecule has 0 radical (unpaired) electrons. The van der Waals surface area contributed by atoms with Crippen LogP contribution in [0.25, 0.3) is 11.4 Å². The molecule has 168 valence electrons. The van der Waals surface area contributed by atoms with E-state index in [1.54, 1.807) is 24.3 Å². The number of ether oxygens (including phenoxy) is 3. The average molecular weight is 445 g/mol. The van der Waals surface area contributed by atoms with Gasteiger partial charge in [-0.15, -0.1) is 0 Å². The van der Waals surface area contributed by atoms with Crippen LogP contribution in [0.5, 0.6) is 0 Å². The van der Waals surface area contributed by atoms with E-state index in [1.165, 1.54) is 14.2 Å². The van der Waals surface area contributed by atoms with Gasteiger partial charge in [-0.3, -0.25) is 14.7 Å². The molecule has 2 aromatic carbocycles. The summed E-state index contributed by atoms with van der Waals surface area (Å²) in [5.41, 5.74) is -0.0708. The lowest BCUT2D eigenvalue weighted by Crippen LogP contribution is -2.33. The minimum atomic E-state index is -0.862. The molecule has 10 heteroatoms. The van der Waals surface area contributed by atoms with Crippen molar-refractivity contribution in [1.29, 1.82) is 0 Å². The average Bonchev–Trinajstić information content (AvgIpc) is 2.78. The highest BCUT2D eigenvalue weighted by atomic mass is 19.1. The third kappa shape index (κ3) is 5.74. The molecular weight excluding hydrogens is 424 g/mol. The molecule has 0 fully saturated rings. The molecule has 0 aliphatic rings. The van der Waals surface area contributed by atoms with E-state index in [0.29, 0.717) is 6.07 Å². The highest BCUT2D eigenvalue weighted by molar-refractivity contribution is 5.84. The number of amides is 1. The fraction of sp³-hybridized carbons (Fsp3) is 0.227. The van der Waals surface area contributed by atoms with Crippen LogP contribution in [-0.2, 0) is 27.4 Å². The first-order valence-electron chi connectivity index (χ1n) is 9.51. The summed E-state index contributed by atoms with van der Waals surface area (Å²) in [6, 6.07) is 11.8. The van der Waals surface area contributed by atoms with Crippen molar-refractivity contribution in [1.82, 2.24) is 9.55 Å². The quantitative estimate of drug-likeness (QED) is 0.533. The highest BCUT2D eigenvalue weighted by Gasteiger charge is 2.19. The maximum atomic E-state index is 13.7. The number of halogens is 2. The predicted octanol–water partition coefficient (Wildman–Crippen LogP) is 3.56. The van der Waals surface area contributed by atoms with E-state index in [1.807, 2.05) is 6.07 Å². The van der Waals surface area contributed by atoms with E-state index in [-0.39, 0.29) is 30.2 Å². The van der Waals surface area contributed by atoms with E-state index in [4.69, 9.17) is 14.2 Å². The lowest BCUT2D eigenvalue weighted by Gasteiger charge is -2.19. The van der Waals surface area contributed by atoms with Crippen LogP contribution in [-0.4, -0.2) is 36.2 Å². The van der Waals surface area contributed by atoms with Gasteiger partial charge in [0.15, 0.2) is 6.29 Å². The Morgan fingerprint density at radius 2 is 1.75 bits per heavy atom. The summed E-state index contributed by atoms with van der Waals surface area (Å²) in [5, 5.41) is 2.34. The number of nitrogens with zero attached hydrogens (tertiary/aromatic N) is 2. The topological polar surface area (TPSA) is 91.7 Å². The zero-order valence-corrected chi connectivity index (χ0v) is 17.4. The number of methoxy groups -OCH3 is 2. The second kappa shape index (κ2) is 10.6. The van der Waals surface area contributed by atoms with E-state index in [2.05, 4.69) is 10.3 Å². The van der Waals surface area contributed by atoms with Gasteiger partial charge in [0.05, 0.1) is 12.7 Å². The molecule has 0 spiro atoms. The fourth-order valence-corrected chi connectivity index (χ4v) is 2.92. The number of carbonyl (C=O) groups is 1. The van der Waals surface area contributed by atoms with Crippen LogP contribution in [0.2, 0.25) is 0 Å². The number of benzene rings is 2. The molecule has 0 saturated carbocycles. The number of aromatic nitrogens is 2. The summed E-state index contributed by atoms with van der Waals surface area (Å²) in [6.07, 6.45) is -0.624. The maximum absolute atomic E-state index is 13.7. The number of nitrogens with one attached hydrogen (secondary N) is 1. The predicted molar refractivity (Wildman–Crippen MR) is 112 cm³/mol. The molecule has 1 amide bonds. The Hall–Kier alpha value is -3.63. The van der Waals surface area contributed by atoms with Crippen molar-refractivity contribution in [3.05, 3.63) is 82.3 Å². The molecular formula is C22H21F2N3O5. The first-order valence-corrected chi connectivity index (χ1v) is 9.51. The van der Waals surface area contributed by atoms with Gasteiger partial charge in [-0.2, -0.15) is 0 Å². The Balaban J connectivity index is 1.90. The van der Waals surface area contributed by atoms with Crippen LogP contribution in [0.3, 0.4) is 0 Å². The highest BCUT2D eigenvalue weighted by Crippen LogP contribution is 2.20. The molecule has 0 unspecified atom stereocenters. The minimum Gasteiger partial charge on any atom is -0.444 e. The van der Waals surface area contributed by atoms with Gasteiger partial charge in [0.25, 0.3) is 5.56 Å². The van der Waals surface area contributed by atoms with Crippen LogP contribution < -0.4 is 10.9 Å². The van der Waals surface area contributed by atoms with Gasteiger partial charge in [0, 0.05) is 25.8 Å². The monoisotopic (exact) mass is 445 g/mol. The van der Waals surface area contributed by atoms with Gasteiger partial charge in [-0.1, -0.05) is 30.3 Å².